The number of ether oxygens (including phenoxy) is 1. The number of carbonyl (C=O) groups is 2. The Kier molecular flexibility index (Phi) is 6.08. The molecular weight excluding hydrogens is 466 g/mol. The molecule has 0 saturated heterocycles. The number of nitrogens with zero attached hydrogens (tertiary/aromatic N) is 3. The number of fused-ring (bicyclic) bond motifs is 1. The highest BCUT2D eigenvalue weighted by atomic mass is 32.2. The Balaban J connectivity index is 1.25. The summed E-state index contributed by atoms with van der Waals surface area (Å²) in [6.07, 6.45) is 1.24. The summed E-state index contributed by atoms with van der Waals surface area (Å²) in [6, 6.07) is 22.6. The SMILES string of the molecule is O=C(OCC(=O)N1CCC(c2ccccc2)=N1)c1cccc(S(=O)(=O)N2CCc3ccccc32)c1. The summed E-state index contributed by atoms with van der Waals surface area (Å²) in [5, 5.41) is 5.64. The molecule has 0 aromatic heterocycles. The molecule has 8 nitrogen and oxygen atoms in total. The Labute approximate surface area is 203 Å². The van der Waals surface area contributed by atoms with Crippen molar-refractivity contribution in [2.24, 2.45) is 5.10 Å². The Morgan fingerprint density at radius 2 is 1.66 bits per heavy atom. The zero-order valence-corrected chi connectivity index (χ0v) is 19.6. The third-order valence-corrected chi connectivity index (χ3v) is 7.83. The van der Waals surface area contributed by atoms with Gasteiger partial charge in [0, 0.05) is 13.0 Å². The number of sulfonamides is 1. The van der Waals surface area contributed by atoms with Gasteiger partial charge in [-0.15, -0.1) is 0 Å². The van der Waals surface area contributed by atoms with Crippen molar-refractivity contribution in [2.45, 2.75) is 17.7 Å². The van der Waals surface area contributed by atoms with Gasteiger partial charge in [-0.1, -0.05) is 54.6 Å². The maximum Gasteiger partial charge on any atom is 0.338 e. The Morgan fingerprint density at radius 1 is 0.886 bits per heavy atom. The molecule has 35 heavy (non-hydrogen) atoms. The van der Waals surface area contributed by atoms with Crippen LogP contribution in [0.1, 0.15) is 27.9 Å². The minimum absolute atomic E-state index is 0.00775. The maximum absolute atomic E-state index is 13.3. The smallest absolute Gasteiger partial charge is 0.338 e. The molecule has 2 aliphatic heterocycles. The number of anilines is 1. The van der Waals surface area contributed by atoms with E-state index in [4.69, 9.17) is 4.74 Å². The number of hydrazone groups is 1. The minimum Gasteiger partial charge on any atom is -0.452 e. The molecule has 0 spiro atoms. The number of para-hydroxylation sites is 1. The Hall–Kier alpha value is -3.98. The van der Waals surface area contributed by atoms with Gasteiger partial charge in [-0.2, -0.15) is 5.10 Å². The molecule has 0 unspecified atom stereocenters. The number of carbonyl (C=O) groups excluding carboxylic acids is 2. The van der Waals surface area contributed by atoms with E-state index >= 15 is 0 Å². The number of hydrogen-bond acceptors (Lipinski definition) is 6. The van der Waals surface area contributed by atoms with Gasteiger partial charge < -0.3 is 4.74 Å². The molecule has 0 aliphatic carbocycles. The van der Waals surface area contributed by atoms with Crippen molar-refractivity contribution in [1.29, 1.82) is 0 Å². The van der Waals surface area contributed by atoms with E-state index in [2.05, 4.69) is 5.10 Å². The fourth-order valence-corrected chi connectivity index (χ4v) is 5.77. The van der Waals surface area contributed by atoms with Crippen LogP contribution in [0.2, 0.25) is 0 Å². The van der Waals surface area contributed by atoms with Gasteiger partial charge in [0.2, 0.25) is 0 Å². The summed E-state index contributed by atoms with van der Waals surface area (Å²) in [4.78, 5) is 25.1. The lowest BCUT2D eigenvalue weighted by Crippen LogP contribution is -2.30. The van der Waals surface area contributed by atoms with Crippen molar-refractivity contribution in [1.82, 2.24) is 5.01 Å². The molecule has 0 fully saturated rings. The molecule has 0 N–H and O–H groups in total. The third kappa shape index (κ3) is 4.54. The normalized spacial score (nSPS) is 15.0. The van der Waals surface area contributed by atoms with E-state index in [1.807, 2.05) is 42.5 Å². The fraction of sp³-hybridized carbons (Fsp3) is 0.192. The third-order valence-electron chi connectivity index (χ3n) is 6.03. The number of rotatable bonds is 6. The van der Waals surface area contributed by atoms with E-state index in [0.29, 0.717) is 31.6 Å². The fourth-order valence-electron chi connectivity index (χ4n) is 4.22. The first kappa shape index (κ1) is 22.8. The molecular formula is C26H23N3O5S. The largest absolute Gasteiger partial charge is 0.452 e. The lowest BCUT2D eigenvalue weighted by atomic mass is 10.1. The van der Waals surface area contributed by atoms with E-state index in [1.54, 1.807) is 12.1 Å². The van der Waals surface area contributed by atoms with Crippen molar-refractivity contribution < 1.29 is 22.7 Å². The molecule has 1 amide bonds. The summed E-state index contributed by atoms with van der Waals surface area (Å²) in [5.41, 5.74) is 3.41. The van der Waals surface area contributed by atoms with Crippen LogP contribution in [-0.2, 0) is 26.0 Å². The molecule has 3 aromatic rings. The molecule has 2 heterocycles. The predicted octanol–water partition coefficient (Wildman–Crippen LogP) is 3.23. The first-order valence-corrected chi connectivity index (χ1v) is 12.7. The molecule has 0 atom stereocenters. The van der Waals surface area contributed by atoms with Gasteiger partial charge in [0.15, 0.2) is 6.61 Å². The highest BCUT2D eigenvalue weighted by Crippen LogP contribution is 2.32. The summed E-state index contributed by atoms with van der Waals surface area (Å²) in [6.45, 7) is 0.263. The number of benzene rings is 3. The zero-order valence-electron chi connectivity index (χ0n) is 18.8. The zero-order chi connectivity index (χ0) is 24.4. The van der Waals surface area contributed by atoms with Gasteiger partial charge in [-0.25, -0.2) is 18.2 Å². The Bertz CT molecular complexity index is 1420. The molecule has 0 radical (unpaired) electrons. The summed E-state index contributed by atoms with van der Waals surface area (Å²) >= 11 is 0. The standard InChI is InChI=1S/C26H23N3O5S/c30-25(28-15-14-23(27-28)19-7-2-1-3-8-19)18-34-26(31)21-10-6-11-22(17-21)35(32,33)29-16-13-20-9-4-5-12-24(20)29/h1-12,17H,13-16,18H2. The van der Waals surface area contributed by atoms with Crippen molar-refractivity contribution >= 4 is 33.3 Å². The molecule has 9 heteroatoms. The summed E-state index contributed by atoms with van der Waals surface area (Å²) < 4.78 is 33.1. The van der Waals surface area contributed by atoms with Crippen LogP contribution in [0.4, 0.5) is 5.69 Å². The van der Waals surface area contributed by atoms with Crippen LogP contribution in [0, 0.1) is 0 Å². The van der Waals surface area contributed by atoms with Crippen LogP contribution in [-0.4, -0.2) is 50.7 Å². The average Bonchev–Trinajstić information content (AvgIpc) is 3.56. The van der Waals surface area contributed by atoms with Crippen molar-refractivity contribution in [3.8, 4) is 0 Å². The molecule has 0 bridgehead atoms. The van der Waals surface area contributed by atoms with E-state index < -0.39 is 28.5 Å². The minimum atomic E-state index is -3.85. The van der Waals surface area contributed by atoms with Crippen LogP contribution < -0.4 is 4.31 Å². The van der Waals surface area contributed by atoms with E-state index in [0.717, 1.165) is 16.8 Å². The number of esters is 1. The average molecular weight is 490 g/mol. The molecule has 178 valence electrons. The first-order chi connectivity index (χ1) is 16.9. The van der Waals surface area contributed by atoms with Crippen molar-refractivity contribution in [2.75, 3.05) is 24.0 Å². The Morgan fingerprint density at radius 3 is 2.49 bits per heavy atom. The van der Waals surface area contributed by atoms with Crippen LogP contribution in [0.3, 0.4) is 0 Å². The number of hydrogen-bond donors (Lipinski definition) is 0. The van der Waals surface area contributed by atoms with E-state index in [1.165, 1.54) is 33.6 Å². The first-order valence-electron chi connectivity index (χ1n) is 11.2. The second-order valence-electron chi connectivity index (χ2n) is 8.24. The van der Waals surface area contributed by atoms with Gasteiger partial charge in [0.25, 0.3) is 15.9 Å². The molecule has 0 saturated carbocycles. The van der Waals surface area contributed by atoms with Crippen LogP contribution in [0.25, 0.3) is 0 Å². The van der Waals surface area contributed by atoms with Gasteiger partial charge in [-0.05, 0) is 41.8 Å². The van der Waals surface area contributed by atoms with Crippen LogP contribution in [0.5, 0.6) is 0 Å². The van der Waals surface area contributed by atoms with E-state index in [-0.39, 0.29) is 10.5 Å². The van der Waals surface area contributed by atoms with Crippen molar-refractivity contribution in [3.05, 3.63) is 95.6 Å². The van der Waals surface area contributed by atoms with Gasteiger partial charge >= 0.3 is 5.97 Å². The summed E-state index contributed by atoms with van der Waals surface area (Å²) in [7, 11) is -3.85. The van der Waals surface area contributed by atoms with Crippen LogP contribution >= 0.6 is 0 Å². The monoisotopic (exact) mass is 489 g/mol. The highest BCUT2D eigenvalue weighted by molar-refractivity contribution is 7.92. The molecule has 2 aliphatic rings. The van der Waals surface area contributed by atoms with Gasteiger partial charge in [0.1, 0.15) is 0 Å². The predicted molar refractivity (Wildman–Crippen MR) is 131 cm³/mol. The van der Waals surface area contributed by atoms with Crippen molar-refractivity contribution in [3.63, 3.8) is 0 Å². The second kappa shape index (κ2) is 9.34. The molecule has 3 aromatic carbocycles. The molecule has 5 rings (SSSR count). The highest BCUT2D eigenvalue weighted by Gasteiger charge is 2.31. The maximum atomic E-state index is 13.3. The topological polar surface area (TPSA) is 96.4 Å². The quantitative estimate of drug-likeness (QED) is 0.496. The van der Waals surface area contributed by atoms with Gasteiger partial charge in [-0.3, -0.25) is 9.10 Å². The van der Waals surface area contributed by atoms with E-state index in [9.17, 15) is 18.0 Å². The van der Waals surface area contributed by atoms with Gasteiger partial charge in [0.05, 0.1) is 28.4 Å². The number of amides is 1. The van der Waals surface area contributed by atoms with Crippen LogP contribution in [0.15, 0.2) is 88.9 Å². The second-order valence-corrected chi connectivity index (χ2v) is 10.1. The summed E-state index contributed by atoms with van der Waals surface area (Å²) in [5.74, 6) is -1.22. The lowest BCUT2D eigenvalue weighted by Gasteiger charge is -2.19. The lowest BCUT2D eigenvalue weighted by molar-refractivity contribution is -0.134.